The number of nitrogens with zero attached hydrogens (tertiary/aromatic N) is 5. The van der Waals surface area contributed by atoms with Gasteiger partial charge in [0.25, 0.3) is 0 Å². The molecule has 9 nitrogen and oxygen atoms in total. The molecule has 1 aromatic rings. The first-order valence-corrected chi connectivity index (χ1v) is 13.5. The summed E-state index contributed by atoms with van der Waals surface area (Å²) in [7, 11) is 1.75. The van der Waals surface area contributed by atoms with Crippen LogP contribution in [0.2, 0.25) is 0 Å². The molecule has 0 unspecified atom stereocenters. The summed E-state index contributed by atoms with van der Waals surface area (Å²) in [5.41, 5.74) is 2.26. The molecular formula is C27H43N5O4. The summed E-state index contributed by atoms with van der Waals surface area (Å²) in [4.78, 5) is 19.2. The van der Waals surface area contributed by atoms with E-state index in [0.29, 0.717) is 18.7 Å². The van der Waals surface area contributed by atoms with Crippen molar-refractivity contribution < 1.29 is 19.0 Å². The van der Waals surface area contributed by atoms with Crippen LogP contribution >= 0.6 is 0 Å². The number of piperazine rings is 1. The fourth-order valence-electron chi connectivity index (χ4n) is 6.29. The molecule has 3 saturated heterocycles. The predicted octanol–water partition coefficient (Wildman–Crippen LogP) is 3.59. The number of anilines is 1. The Morgan fingerprint density at radius 3 is 2.58 bits per heavy atom. The summed E-state index contributed by atoms with van der Waals surface area (Å²) >= 11 is 0. The summed E-state index contributed by atoms with van der Waals surface area (Å²) in [6.45, 7) is 14.7. The zero-order valence-corrected chi connectivity index (χ0v) is 22.7. The standard InChI is InChI=1S/C27H43N5O4/c1-20-14-24(31-10-9-29(17-22(31)6-11-34-5)21-7-12-35-13-8-21)28-32(20)23-15-27(16-23)18-30(19-27)25(33)36-26(2,3)4/h6,14,21,23H,7-13,15-19H2,1-5H3. The molecule has 200 valence electrons. The van der Waals surface area contributed by atoms with Gasteiger partial charge in [-0.15, -0.1) is 0 Å². The monoisotopic (exact) mass is 501 g/mol. The van der Waals surface area contributed by atoms with Gasteiger partial charge in [0.2, 0.25) is 0 Å². The topological polar surface area (TPSA) is 72.3 Å². The molecule has 4 fully saturated rings. The third-order valence-electron chi connectivity index (χ3n) is 8.09. The number of methoxy groups -OCH3 is 1. The molecule has 0 bridgehead atoms. The van der Waals surface area contributed by atoms with Crippen LogP contribution < -0.4 is 4.90 Å². The van der Waals surface area contributed by atoms with Gasteiger partial charge in [0.1, 0.15) is 5.60 Å². The number of carbonyl (C=O) groups excluding carboxylic acids is 1. The van der Waals surface area contributed by atoms with Gasteiger partial charge in [-0.05, 0) is 59.5 Å². The molecule has 36 heavy (non-hydrogen) atoms. The molecule has 1 aromatic heterocycles. The predicted molar refractivity (Wildman–Crippen MR) is 138 cm³/mol. The molecule has 3 aliphatic heterocycles. The van der Waals surface area contributed by atoms with Gasteiger partial charge >= 0.3 is 6.09 Å². The fraction of sp³-hybridized carbons (Fsp3) is 0.778. The van der Waals surface area contributed by atoms with E-state index < -0.39 is 5.60 Å². The SMILES string of the molecule is COCC=C1CN(C2CCOCC2)CCN1c1cc(C)n(C2CC3(C2)CN(C(=O)OC(C)(C)C)C3)n1. The normalized spacial score (nSPS) is 24.8. The molecule has 0 radical (unpaired) electrons. The number of aromatic nitrogens is 2. The Kier molecular flexibility index (Phi) is 7.09. The van der Waals surface area contributed by atoms with Gasteiger partial charge in [-0.2, -0.15) is 5.10 Å². The van der Waals surface area contributed by atoms with Crippen molar-refractivity contribution in [3.63, 3.8) is 0 Å². The zero-order chi connectivity index (χ0) is 25.5. The van der Waals surface area contributed by atoms with E-state index in [4.69, 9.17) is 19.3 Å². The first-order valence-electron chi connectivity index (χ1n) is 13.5. The quantitative estimate of drug-likeness (QED) is 0.611. The number of likely N-dealkylation sites (tertiary alicyclic amines) is 1. The fourth-order valence-corrected chi connectivity index (χ4v) is 6.29. The van der Waals surface area contributed by atoms with Crippen LogP contribution in [0, 0.1) is 12.3 Å². The zero-order valence-electron chi connectivity index (χ0n) is 22.7. The number of aryl methyl sites for hydroxylation is 1. The third kappa shape index (κ3) is 5.29. The summed E-state index contributed by atoms with van der Waals surface area (Å²) in [6, 6.07) is 3.22. The van der Waals surface area contributed by atoms with E-state index in [1.165, 1.54) is 11.4 Å². The van der Waals surface area contributed by atoms with Crippen LogP contribution in [0.25, 0.3) is 0 Å². The maximum atomic E-state index is 12.3. The minimum atomic E-state index is -0.447. The lowest BCUT2D eigenvalue weighted by atomic mass is 9.61. The van der Waals surface area contributed by atoms with Crippen LogP contribution in [0.5, 0.6) is 0 Å². The number of amides is 1. The number of hydrogen-bond donors (Lipinski definition) is 0. The maximum Gasteiger partial charge on any atom is 0.410 e. The highest BCUT2D eigenvalue weighted by atomic mass is 16.6. The Morgan fingerprint density at radius 2 is 1.92 bits per heavy atom. The van der Waals surface area contributed by atoms with E-state index in [0.717, 1.165) is 77.4 Å². The average molecular weight is 502 g/mol. The van der Waals surface area contributed by atoms with Crippen molar-refractivity contribution in [2.75, 3.05) is 64.6 Å². The second-order valence-electron chi connectivity index (χ2n) is 12.1. The third-order valence-corrected chi connectivity index (χ3v) is 8.09. The number of ether oxygens (including phenoxy) is 3. The van der Waals surface area contributed by atoms with Gasteiger partial charge in [0.05, 0.1) is 12.6 Å². The van der Waals surface area contributed by atoms with Gasteiger partial charge < -0.3 is 24.0 Å². The molecule has 9 heteroatoms. The van der Waals surface area contributed by atoms with E-state index in [-0.39, 0.29) is 11.5 Å². The Bertz CT molecular complexity index is 963. The maximum absolute atomic E-state index is 12.3. The first-order chi connectivity index (χ1) is 17.2. The molecule has 4 heterocycles. The second-order valence-corrected chi connectivity index (χ2v) is 12.1. The molecule has 0 atom stereocenters. The number of rotatable bonds is 5. The van der Waals surface area contributed by atoms with Gasteiger partial charge in [-0.25, -0.2) is 4.79 Å². The van der Waals surface area contributed by atoms with Crippen LogP contribution in [-0.2, 0) is 14.2 Å². The summed E-state index contributed by atoms with van der Waals surface area (Å²) < 4.78 is 18.7. The van der Waals surface area contributed by atoms with Gasteiger partial charge in [-0.1, -0.05) is 0 Å². The minimum absolute atomic E-state index is 0.190. The molecule has 4 aliphatic rings. The van der Waals surface area contributed by atoms with Crippen molar-refractivity contribution in [2.45, 2.75) is 71.1 Å². The van der Waals surface area contributed by atoms with E-state index in [1.807, 2.05) is 25.7 Å². The average Bonchev–Trinajstić information content (AvgIpc) is 3.16. The lowest BCUT2D eigenvalue weighted by molar-refractivity contribution is -0.0930. The van der Waals surface area contributed by atoms with Crippen molar-refractivity contribution in [1.29, 1.82) is 0 Å². The van der Waals surface area contributed by atoms with Crippen molar-refractivity contribution in [2.24, 2.45) is 5.41 Å². The molecule has 1 saturated carbocycles. The van der Waals surface area contributed by atoms with Crippen molar-refractivity contribution in [3.05, 3.63) is 23.5 Å². The summed E-state index contributed by atoms with van der Waals surface area (Å²) in [5, 5.41) is 5.10. The van der Waals surface area contributed by atoms with E-state index in [1.54, 1.807) is 7.11 Å². The molecule has 5 rings (SSSR count). The Morgan fingerprint density at radius 1 is 1.19 bits per heavy atom. The highest BCUT2D eigenvalue weighted by Crippen LogP contribution is 2.54. The van der Waals surface area contributed by atoms with Crippen molar-refractivity contribution in [3.8, 4) is 0 Å². The van der Waals surface area contributed by atoms with Gasteiger partial charge in [0.15, 0.2) is 5.82 Å². The molecule has 1 aliphatic carbocycles. The van der Waals surface area contributed by atoms with Crippen LogP contribution in [0.3, 0.4) is 0 Å². The Balaban J connectivity index is 1.21. The molecule has 1 amide bonds. The van der Waals surface area contributed by atoms with Gasteiger partial charge in [-0.3, -0.25) is 9.58 Å². The second kappa shape index (κ2) is 9.99. The van der Waals surface area contributed by atoms with Crippen LogP contribution in [0.4, 0.5) is 10.6 Å². The lowest BCUT2D eigenvalue weighted by Gasteiger charge is -2.58. The minimum Gasteiger partial charge on any atom is -0.444 e. The first kappa shape index (κ1) is 25.5. The lowest BCUT2D eigenvalue weighted by Crippen LogP contribution is -2.64. The highest BCUT2D eigenvalue weighted by Gasteiger charge is 2.55. The van der Waals surface area contributed by atoms with Crippen LogP contribution in [0.1, 0.15) is 58.2 Å². The molecule has 0 N–H and O–H groups in total. The Labute approximate surface area is 215 Å². The molecule has 1 spiro atoms. The summed E-state index contributed by atoms with van der Waals surface area (Å²) in [6.07, 6.45) is 6.37. The largest absolute Gasteiger partial charge is 0.444 e. The number of carbonyl (C=O) groups is 1. The van der Waals surface area contributed by atoms with Crippen molar-refractivity contribution >= 4 is 11.9 Å². The molecular weight excluding hydrogens is 458 g/mol. The molecule has 0 aromatic carbocycles. The van der Waals surface area contributed by atoms with E-state index in [2.05, 4.69) is 33.5 Å². The van der Waals surface area contributed by atoms with Crippen molar-refractivity contribution in [1.82, 2.24) is 19.6 Å². The van der Waals surface area contributed by atoms with E-state index in [9.17, 15) is 4.79 Å². The van der Waals surface area contributed by atoms with E-state index >= 15 is 0 Å². The highest BCUT2D eigenvalue weighted by molar-refractivity contribution is 5.69. The van der Waals surface area contributed by atoms with Gasteiger partial charge in [0, 0.05) is 82.0 Å². The van der Waals surface area contributed by atoms with Crippen LogP contribution in [0.15, 0.2) is 17.8 Å². The smallest absolute Gasteiger partial charge is 0.410 e. The van der Waals surface area contributed by atoms with Crippen LogP contribution in [-0.4, -0.2) is 97.0 Å². The number of hydrogen-bond acceptors (Lipinski definition) is 7. The summed E-state index contributed by atoms with van der Waals surface area (Å²) in [5.74, 6) is 1.03. The Hall–Kier alpha value is -2.10.